The van der Waals surface area contributed by atoms with Crippen molar-refractivity contribution in [2.24, 2.45) is 0 Å². The molecule has 0 saturated carbocycles. The average Bonchev–Trinajstić information content (AvgIpc) is 3.03. The van der Waals surface area contributed by atoms with Gasteiger partial charge in [0.15, 0.2) is 9.84 Å². The summed E-state index contributed by atoms with van der Waals surface area (Å²) in [7, 11) is -1.75. The van der Waals surface area contributed by atoms with E-state index in [1.54, 1.807) is 23.1 Å². The number of carbonyl (C=O) groups excluding carboxylic acids is 2. The molecule has 222 valence electrons. The first-order valence-corrected chi connectivity index (χ1v) is 15.9. The zero-order chi connectivity index (χ0) is 30.2. The van der Waals surface area contributed by atoms with Crippen LogP contribution >= 0.6 is 0 Å². The van der Waals surface area contributed by atoms with E-state index >= 15 is 0 Å². The molecule has 8 nitrogen and oxygen atoms in total. The van der Waals surface area contributed by atoms with Crippen molar-refractivity contribution in [2.75, 3.05) is 33.2 Å². The van der Waals surface area contributed by atoms with Crippen LogP contribution in [0.15, 0.2) is 120 Å². The Hall–Kier alpha value is -4.47. The molecule has 0 bridgehead atoms. The standard InChI is InChI=1S/C34H36N4O4S/c1-37-19-21-38(22-20-37)34(40)36-32(24-26-10-4-2-5-11-26)33(39)35-31(18-23-43(41,42)30-14-6-3-7-15-30)29-17-16-27-12-8-9-13-28(27)25-29/h2-18,23,25,31-32H,19-22,24H2,1H3,(H,35,39)(H,36,40)/b23-18+/t31-,32+/m1/s1. The summed E-state index contributed by atoms with van der Waals surface area (Å²) in [6.07, 6.45) is 1.77. The molecule has 1 aliphatic rings. The molecule has 3 amide bonds. The molecule has 4 aromatic carbocycles. The molecule has 1 aliphatic heterocycles. The Labute approximate surface area is 252 Å². The third-order valence-corrected chi connectivity index (χ3v) is 9.08. The molecule has 1 heterocycles. The summed E-state index contributed by atoms with van der Waals surface area (Å²) in [6.45, 7) is 2.66. The molecule has 4 aromatic rings. The number of nitrogens with one attached hydrogen (secondary N) is 2. The molecular formula is C34H36N4O4S. The van der Waals surface area contributed by atoms with Gasteiger partial charge in [-0.1, -0.05) is 84.9 Å². The van der Waals surface area contributed by atoms with E-state index in [0.29, 0.717) is 13.1 Å². The minimum absolute atomic E-state index is 0.163. The molecule has 1 fully saturated rings. The molecule has 0 unspecified atom stereocenters. The van der Waals surface area contributed by atoms with Gasteiger partial charge in [0, 0.05) is 38.0 Å². The fourth-order valence-electron chi connectivity index (χ4n) is 5.08. The number of carbonyl (C=O) groups is 2. The molecule has 0 radical (unpaired) electrons. The molecule has 0 spiro atoms. The Morgan fingerprint density at radius 3 is 2.12 bits per heavy atom. The van der Waals surface area contributed by atoms with Gasteiger partial charge in [0.1, 0.15) is 6.04 Å². The van der Waals surface area contributed by atoms with Gasteiger partial charge in [0.25, 0.3) is 0 Å². The van der Waals surface area contributed by atoms with Crippen LogP contribution in [0.1, 0.15) is 17.2 Å². The van der Waals surface area contributed by atoms with E-state index in [4.69, 9.17) is 0 Å². The number of benzene rings is 4. The first-order valence-electron chi connectivity index (χ1n) is 14.3. The Morgan fingerprint density at radius 2 is 1.42 bits per heavy atom. The molecule has 0 aliphatic carbocycles. The van der Waals surface area contributed by atoms with Crippen molar-refractivity contribution in [3.63, 3.8) is 0 Å². The van der Waals surface area contributed by atoms with E-state index in [9.17, 15) is 18.0 Å². The Balaban J connectivity index is 1.44. The number of urea groups is 1. The van der Waals surface area contributed by atoms with Gasteiger partial charge >= 0.3 is 6.03 Å². The van der Waals surface area contributed by atoms with Crippen LogP contribution < -0.4 is 10.6 Å². The van der Waals surface area contributed by atoms with E-state index in [2.05, 4.69) is 15.5 Å². The maximum absolute atomic E-state index is 13.9. The summed E-state index contributed by atoms with van der Waals surface area (Å²) in [5.41, 5.74) is 1.61. The van der Waals surface area contributed by atoms with E-state index in [0.717, 1.165) is 40.4 Å². The van der Waals surface area contributed by atoms with Gasteiger partial charge < -0.3 is 20.4 Å². The van der Waals surface area contributed by atoms with Gasteiger partial charge in [-0.15, -0.1) is 0 Å². The van der Waals surface area contributed by atoms with Crippen molar-refractivity contribution < 1.29 is 18.0 Å². The summed E-state index contributed by atoms with van der Waals surface area (Å²) in [5.74, 6) is -0.411. The van der Waals surface area contributed by atoms with Crippen molar-refractivity contribution in [2.45, 2.75) is 23.4 Å². The SMILES string of the molecule is CN1CCN(C(=O)N[C@@H](Cc2ccccc2)C(=O)N[C@H](/C=C/S(=O)(=O)c2ccccc2)c2ccc3ccccc3c2)CC1. The van der Waals surface area contributed by atoms with Crippen LogP contribution in [0.5, 0.6) is 0 Å². The first-order chi connectivity index (χ1) is 20.8. The van der Waals surface area contributed by atoms with Crippen LogP contribution in [0.3, 0.4) is 0 Å². The summed E-state index contributed by atoms with van der Waals surface area (Å²) in [4.78, 5) is 31.2. The molecule has 0 aromatic heterocycles. The van der Waals surface area contributed by atoms with Crippen LogP contribution in [0.4, 0.5) is 4.79 Å². The second-order valence-corrected chi connectivity index (χ2v) is 12.6. The number of sulfone groups is 1. The summed E-state index contributed by atoms with van der Waals surface area (Å²) in [5, 5.41) is 9.10. The Morgan fingerprint density at radius 1 is 0.791 bits per heavy atom. The van der Waals surface area contributed by atoms with Crippen LogP contribution in [-0.2, 0) is 21.1 Å². The predicted molar refractivity (Wildman–Crippen MR) is 169 cm³/mol. The second kappa shape index (κ2) is 13.7. The lowest BCUT2D eigenvalue weighted by Crippen LogP contribution is -2.56. The van der Waals surface area contributed by atoms with Crippen LogP contribution in [0, 0.1) is 0 Å². The topological polar surface area (TPSA) is 98.8 Å². The first kappa shape index (κ1) is 30.0. The van der Waals surface area contributed by atoms with Gasteiger partial charge in [-0.2, -0.15) is 0 Å². The summed E-state index contributed by atoms with van der Waals surface area (Å²) >= 11 is 0. The molecule has 5 rings (SSSR count). The number of fused-ring (bicyclic) bond motifs is 1. The highest BCUT2D eigenvalue weighted by molar-refractivity contribution is 7.94. The molecule has 2 atom stereocenters. The van der Waals surface area contributed by atoms with E-state index in [1.165, 1.54) is 18.2 Å². The van der Waals surface area contributed by atoms with Crippen molar-refractivity contribution in [1.29, 1.82) is 0 Å². The van der Waals surface area contributed by atoms with Crippen LogP contribution in [0.25, 0.3) is 10.8 Å². The third kappa shape index (κ3) is 7.88. The highest BCUT2D eigenvalue weighted by Gasteiger charge is 2.27. The predicted octanol–water partition coefficient (Wildman–Crippen LogP) is 4.55. The van der Waals surface area contributed by atoms with E-state index < -0.39 is 27.8 Å². The summed E-state index contributed by atoms with van der Waals surface area (Å²) < 4.78 is 26.2. The second-order valence-electron chi connectivity index (χ2n) is 10.8. The monoisotopic (exact) mass is 596 g/mol. The molecule has 2 N–H and O–H groups in total. The van der Waals surface area contributed by atoms with Crippen molar-refractivity contribution >= 4 is 32.5 Å². The Kier molecular flexibility index (Phi) is 9.54. The zero-order valence-corrected chi connectivity index (χ0v) is 24.9. The van der Waals surface area contributed by atoms with Crippen molar-refractivity contribution in [3.8, 4) is 0 Å². The molecule has 9 heteroatoms. The normalized spacial score (nSPS) is 15.7. The third-order valence-electron chi connectivity index (χ3n) is 7.64. The number of amides is 3. The fraction of sp³-hybridized carbons (Fsp3) is 0.235. The number of rotatable bonds is 9. The van der Waals surface area contributed by atoms with Gasteiger partial charge in [0.2, 0.25) is 5.91 Å². The smallest absolute Gasteiger partial charge is 0.318 e. The quantitative estimate of drug-likeness (QED) is 0.295. The summed E-state index contributed by atoms with van der Waals surface area (Å²) in [6, 6.07) is 29.3. The van der Waals surface area contributed by atoms with Gasteiger partial charge in [-0.25, -0.2) is 13.2 Å². The highest BCUT2D eigenvalue weighted by Crippen LogP contribution is 2.23. The zero-order valence-electron chi connectivity index (χ0n) is 24.1. The van der Waals surface area contributed by atoms with E-state index in [1.807, 2.05) is 79.8 Å². The van der Waals surface area contributed by atoms with Gasteiger partial charge in [0.05, 0.1) is 10.9 Å². The minimum Gasteiger partial charge on any atom is -0.344 e. The van der Waals surface area contributed by atoms with E-state index in [-0.39, 0.29) is 17.3 Å². The maximum Gasteiger partial charge on any atom is 0.318 e. The fourth-order valence-corrected chi connectivity index (χ4v) is 6.13. The average molecular weight is 597 g/mol. The lowest BCUT2D eigenvalue weighted by atomic mass is 10.0. The lowest BCUT2D eigenvalue weighted by Gasteiger charge is -2.33. The largest absolute Gasteiger partial charge is 0.344 e. The van der Waals surface area contributed by atoms with Crippen LogP contribution in [-0.4, -0.2) is 69.4 Å². The number of hydrogen-bond donors (Lipinski definition) is 2. The number of piperazine rings is 1. The lowest BCUT2D eigenvalue weighted by molar-refractivity contribution is -0.123. The van der Waals surface area contributed by atoms with Gasteiger partial charge in [-0.05, 0) is 53.2 Å². The molecular weight excluding hydrogens is 560 g/mol. The van der Waals surface area contributed by atoms with Crippen LogP contribution in [0.2, 0.25) is 0 Å². The number of nitrogens with zero attached hydrogens (tertiary/aromatic N) is 2. The van der Waals surface area contributed by atoms with Gasteiger partial charge in [-0.3, -0.25) is 4.79 Å². The molecule has 1 saturated heterocycles. The van der Waals surface area contributed by atoms with Crippen molar-refractivity contribution in [1.82, 2.24) is 20.4 Å². The molecule has 43 heavy (non-hydrogen) atoms. The number of likely N-dealkylation sites (N-methyl/N-ethyl adjacent to an activating group) is 1. The highest BCUT2D eigenvalue weighted by atomic mass is 32.2. The Bertz CT molecular complexity index is 1690. The van der Waals surface area contributed by atoms with Crippen molar-refractivity contribution in [3.05, 3.63) is 126 Å². The minimum atomic E-state index is -3.76. The number of hydrogen-bond acceptors (Lipinski definition) is 5. The maximum atomic E-state index is 13.9.